The highest BCUT2D eigenvalue weighted by Gasteiger charge is 2.45. The molecule has 0 aromatic rings. The Morgan fingerprint density at radius 2 is 2.15 bits per heavy atom. The highest BCUT2D eigenvalue weighted by molar-refractivity contribution is 5.74. The largest absolute Gasteiger partial charge is 0.512 e. The molecule has 70 valence electrons. The zero-order valence-corrected chi connectivity index (χ0v) is 7.23. The van der Waals surface area contributed by atoms with Crippen molar-refractivity contribution in [2.24, 2.45) is 11.8 Å². The quantitative estimate of drug-likeness (QED) is 0.682. The topological polar surface area (TPSA) is 57.5 Å². The van der Waals surface area contributed by atoms with Gasteiger partial charge in [0.25, 0.3) is 0 Å². The second-order valence-corrected chi connectivity index (χ2v) is 3.69. The first-order valence-electron chi connectivity index (χ1n) is 4.50. The maximum atomic E-state index is 10.6. The smallest absolute Gasteiger partial charge is 0.307 e. The fourth-order valence-electron chi connectivity index (χ4n) is 1.83. The third-order valence-electron chi connectivity index (χ3n) is 2.74. The molecule has 0 aromatic heterocycles. The summed E-state index contributed by atoms with van der Waals surface area (Å²) in [5, 5.41) is 17.8. The predicted octanol–water partition coefficient (Wildman–Crippen LogP) is 1.87. The number of carbonyl (C=O) groups is 1. The van der Waals surface area contributed by atoms with Crippen molar-refractivity contribution >= 4 is 5.97 Å². The van der Waals surface area contributed by atoms with Crippen molar-refractivity contribution in [1.82, 2.24) is 0 Å². The van der Waals surface area contributed by atoms with Gasteiger partial charge in [0.15, 0.2) is 0 Å². The molecule has 2 unspecified atom stereocenters. The van der Waals surface area contributed by atoms with E-state index in [0.29, 0.717) is 12.2 Å². The molecule has 3 nitrogen and oxygen atoms in total. The summed E-state index contributed by atoms with van der Waals surface area (Å²) < 4.78 is 0. The van der Waals surface area contributed by atoms with Crippen LogP contribution >= 0.6 is 0 Å². The number of aliphatic carboxylic acids is 1. The van der Waals surface area contributed by atoms with Crippen LogP contribution in [-0.4, -0.2) is 16.2 Å². The summed E-state index contributed by atoms with van der Waals surface area (Å²) in [6.07, 6.45) is 5.80. The van der Waals surface area contributed by atoms with Gasteiger partial charge in [0.1, 0.15) is 0 Å². The number of rotatable bonds is 2. The summed E-state index contributed by atoms with van der Waals surface area (Å²) in [4.78, 5) is 10.6. The van der Waals surface area contributed by atoms with Gasteiger partial charge in [0.05, 0.1) is 11.7 Å². The lowest BCUT2D eigenvalue weighted by Gasteiger charge is -2.09. The molecule has 2 rings (SSSR count). The molecule has 0 aliphatic heterocycles. The van der Waals surface area contributed by atoms with Gasteiger partial charge >= 0.3 is 5.97 Å². The normalized spacial score (nSPS) is 32.0. The van der Waals surface area contributed by atoms with Gasteiger partial charge in [-0.2, -0.15) is 0 Å². The predicted molar refractivity (Wildman–Crippen MR) is 47.3 cm³/mol. The molecule has 0 aromatic carbocycles. The van der Waals surface area contributed by atoms with Gasteiger partial charge in [-0.3, -0.25) is 4.79 Å². The molecular formula is C10H12O3. The number of aliphatic hydroxyl groups excluding tert-OH is 1. The monoisotopic (exact) mass is 180 g/mol. The molecular weight excluding hydrogens is 168 g/mol. The van der Waals surface area contributed by atoms with E-state index in [2.05, 4.69) is 0 Å². The minimum atomic E-state index is -0.690. The molecule has 0 spiro atoms. The molecule has 13 heavy (non-hydrogen) atoms. The minimum Gasteiger partial charge on any atom is -0.512 e. The van der Waals surface area contributed by atoms with Gasteiger partial charge in [-0.05, 0) is 24.8 Å². The van der Waals surface area contributed by atoms with E-state index < -0.39 is 5.97 Å². The second kappa shape index (κ2) is 2.91. The van der Waals surface area contributed by atoms with Crippen molar-refractivity contribution in [3.8, 4) is 0 Å². The van der Waals surface area contributed by atoms with E-state index in [0.717, 1.165) is 12.8 Å². The van der Waals surface area contributed by atoms with Crippen molar-refractivity contribution in [3.05, 3.63) is 23.5 Å². The Bertz CT molecular complexity index is 301. The van der Waals surface area contributed by atoms with Crippen molar-refractivity contribution in [2.45, 2.75) is 19.3 Å². The number of allylic oxidation sites excluding steroid dienone is 4. The Morgan fingerprint density at radius 1 is 1.38 bits per heavy atom. The van der Waals surface area contributed by atoms with Gasteiger partial charge in [0.2, 0.25) is 0 Å². The summed E-state index contributed by atoms with van der Waals surface area (Å²) in [6.45, 7) is 0. The average molecular weight is 180 g/mol. The summed E-state index contributed by atoms with van der Waals surface area (Å²) in [5.74, 6) is -0.220. The van der Waals surface area contributed by atoms with E-state index in [1.54, 1.807) is 6.08 Å². The summed E-state index contributed by atoms with van der Waals surface area (Å²) in [6, 6.07) is 0. The standard InChI is InChI=1S/C10H12O3/c11-7-3-1-6(2-4-7)8-5-9(8)10(12)13/h1,3,8-9,11H,2,4-5H2,(H,12,13). The maximum Gasteiger partial charge on any atom is 0.307 e. The van der Waals surface area contributed by atoms with Crippen LogP contribution in [0.4, 0.5) is 0 Å². The van der Waals surface area contributed by atoms with E-state index in [-0.39, 0.29) is 11.8 Å². The Labute approximate surface area is 76.4 Å². The van der Waals surface area contributed by atoms with Crippen LogP contribution in [0.15, 0.2) is 23.5 Å². The molecule has 2 aliphatic carbocycles. The molecule has 3 heteroatoms. The molecule has 2 atom stereocenters. The first kappa shape index (κ1) is 8.35. The molecule has 0 bridgehead atoms. The number of aliphatic hydroxyl groups is 1. The van der Waals surface area contributed by atoms with Gasteiger partial charge in [-0.15, -0.1) is 0 Å². The number of carboxylic acids is 1. The first-order chi connectivity index (χ1) is 6.18. The Morgan fingerprint density at radius 3 is 2.62 bits per heavy atom. The molecule has 0 saturated heterocycles. The molecule has 1 saturated carbocycles. The minimum absolute atomic E-state index is 0.167. The zero-order valence-electron chi connectivity index (χ0n) is 7.23. The lowest BCUT2D eigenvalue weighted by atomic mass is 9.98. The summed E-state index contributed by atoms with van der Waals surface area (Å²) in [7, 11) is 0. The van der Waals surface area contributed by atoms with Crippen LogP contribution in [0.25, 0.3) is 0 Å². The van der Waals surface area contributed by atoms with Gasteiger partial charge in [0, 0.05) is 6.42 Å². The fraction of sp³-hybridized carbons (Fsp3) is 0.500. The Hall–Kier alpha value is -1.25. The van der Waals surface area contributed by atoms with Crippen LogP contribution < -0.4 is 0 Å². The molecule has 0 radical (unpaired) electrons. The van der Waals surface area contributed by atoms with Crippen molar-refractivity contribution in [2.75, 3.05) is 0 Å². The molecule has 2 aliphatic rings. The average Bonchev–Trinajstić information content (AvgIpc) is 2.85. The van der Waals surface area contributed by atoms with E-state index in [1.807, 2.05) is 6.08 Å². The van der Waals surface area contributed by atoms with Crippen molar-refractivity contribution < 1.29 is 15.0 Å². The lowest BCUT2D eigenvalue weighted by molar-refractivity contribution is -0.138. The lowest BCUT2D eigenvalue weighted by Crippen LogP contribution is -2.02. The highest BCUT2D eigenvalue weighted by atomic mass is 16.4. The second-order valence-electron chi connectivity index (χ2n) is 3.69. The zero-order chi connectivity index (χ0) is 9.42. The van der Waals surface area contributed by atoms with Crippen LogP contribution in [0, 0.1) is 11.8 Å². The van der Waals surface area contributed by atoms with E-state index in [4.69, 9.17) is 10.2 Å². The summed E-state index contributed by atoms with van der Waals surface area (Å²) in [5.41, 5.74) is 1.19. The Balaban J connectivity index is 2.01. The third kappa shape index (κ3) is 1.59. The van der Waals surface area contributed by atoms with Gasteiger partial charge in [-0.25, -0.2) is 0 Å². The number of carboxylic acid groups (broad SMARTS) is 1. The van der Waals surface area contributed by atoms with Crippen LogP contribution in [0.2, 0.25) is 0 Å². The first-order valence-corrected chi connectivity index (χ1v) is 4.50. The highest BCUT2D eigenvalue weighted by Crippen LogP contribution is 2.46. The molecule has 1 fully saturated rings. The van der Waals surface area contributed by atoms with Gasteiger partial charge < -0.3 is 10.2 Å². The van der Waals surface area contributed by atoms with Crippen LogP contribution in [0.5, 0.6) is 0 Å². The van der Waals surface area contributed by atoms with Gasteiger partial charge in [-0.1, -0.05) is 11.6 Å². The molecule has 0 heterocycles. The van der Waals surface area contributed by atoms with E-state index >= 15 is 0 Å². The molecule has 2 N–H and O–H groups in total. The number of hydrogen-bond donors (Lipinski definition) is 2. The summed E-state index contributed by atoms with van der Waals surface area (Å²) >= 11 is 0. The van der Waals surface area contributed by atoms with Crippen LogP contribution in [-0.2, 0) is 4.79 Å². The third-order valence-corrected chi connectivity index (χ3v) is 2.74. The SMILES string of the molecule is O=C(O)C1CC1C1=CC=C(O)CC1. The maximum absolute atomic E-state index is 10.6. The van der Waals surface area contributed by atoms with E-state index in [1.165, 1.54) is 5.57 Å². The number of hydrogen-bond acceptors (Lipinski definition) is 2. The van der Waals surface area contributed by atoms with Crippen LogP contribution in [0.1, 0.15) is 19.3 Å². The van der Waals surface area contributed by atoms with Crippen molar-refractivity contribution in [1.29, 1.82) is 0 Å². The van der Waals surface area contributed by atoms with Crippen LogP contribution in [0.3, 0.4) is 0 Å². The Kier molecular flexibility index (Phi) is 1.87. The molecule has 0 amide bonds. The fourth-order valence-corrected chi connectivity index (χ4v) is 1.83. The van der Waals surface area contributed by atoms with E-state index in [9.17, 15) is 4.79 Å². The van der Waals surface area contributed by atoms with Crippen molar-refractivity contribution in [3.63, 3.8) is 0 Å².